The summed E-state index contributed by atoms with van der Waals surface area (Å²) in [6, 6.07) is 1.05. The summed E-state index contributed by atoms with van der Waals surface area (Å²) in [6.07, 6.45) is 0.981. The average Bonchev–Trinajstić information content (AvgIpc) is 1.69. The van der Waals surface area contributed by atoms with Crippen molar-refractivity contribution in [1.82, 2.24) is 10.0 Å². The zero-order valence-corrected chi connectivity index (χ0v) is 2.76. The second-order valence-corrected chi connectivity index (χ2v) is 1.98. The topological polar surface area (TPSA) is 8.91 Å². The highest BCUT2D eigenvalue weighted by atomic mass is 16.1. The summed E-state index contributed by atoms with van der Waals surface area (Å²) in [4.78, 5) is 0. The van der Waals surface area contributed by atoms with Crippen molar-refractivity contribution in [2.75, 3.05) is 6.54 Å². The van der Waals surface area contributed by atoms with E-state index in [9.17, 15) is 0 Å². The van der Waals surface area contributed by atoms with Crippen LogP contribution in [0, 0.1) is 0 Å². The smallest absolute Gasteiger partial charge is 0.0314 e. The van der Waals surface area contributed by atoms with Gasteiger partial charge in [0.2, 0.25) is 0 Å². The van der Waals surface area contributed by atoms with Crippen molar-refractivity contribution in [1.29, 1.82) is 0 Å². The second-order valence-electron chi connectivity index (χ2n) is 1.98. The lowest BCUT2D eigenvalue weighted by molar-refractivity contribution is 0.167. The number of hydrogen-bond acceptors (Lipinski definition) is 2. The van der Waals surface area contributed by atoms with Crippen LogP contribution in [0.25, 0.3) is 0 Å². The van der Waals surface area contributed by atoms with E-state index in [1.165, 1.54) is 6.54 Å². The van der Waals surface area contributed by atoms with Crippen molar-refractivity contribution < 1.29 is 0 Å². The van der Waals surface area contributed by atoms with E-state index in [1.54, 1.807) is 0 Å². The van der Waals surface area contributed by atoms with Crippen molar-refractivity contribution >= 4 is 0 Å². The first kappa shape index (κ1) is 1.58. The van der Waals surface area contributed by atoms with Gasteiger partial charge in [0.1, 0.15) is 6.54 Å². The summed E-state index contributed by atoms with van der Waals surface area (Å²) < 4.78 is 0. The lowest BCUT2D eigenvalue weighted by Gasteiger charge is -2.06. The van der Waals surface area contributed by atoms with Crippen LogP contribution in [0.2, 0.25) is 0 Å². The lowest BCUT2D eigenvalue weighted by Crippen LogP contribution is -2.45. The lowest BCUT2D eigenvalue weighted by atomic mass is 10.3. The Labute approximate surface area is 29.9 Å². The van der Waals surface area contributed by atoms with E-state index in [1.807, 2.05) is 0 Å². The van der Waals surface area contributed by atoms with Gasteiger partial charge in [-0.15, -0.1) is 0 Å². The molecule has 0 saturated carbocycles. The molecule has 4 aliphatic rings. The number of hydrogen-bond donors (Lipinski definition) is 0. The molecule has 4 saturated heterocycles. The molecule has 0 aromatic carbocycles. The molecule has 4 aliphatic heterocycles. The molecule has 0 amide bonds. The Morgan fingerprint density at radius 2 is 2.20 bits per heavy atom. The van der Waals surface area contributed by atoms with E-state index >= 15 is 0 Å². The van der Waals surface area contributed by atoms with Gasteiger partial charge in [-0.25, -0.2) is 0 Å². The maximum atomic E-state index is 2.39. The van der Waals surface area contributed by atoms with Crippen molar-refractivity contribution in [2.45, 2.75) is 12.2 Å². The van der Waals surface area contributed by atoms with E-state index in [0.29, 0.717) is 0 Å². The molecule has 3 unspecified atom stereocenters. The standard InChI is InChI=1S/C3H4N2/c1-2-3-4(1)5(2)3/h2-3H,1H2/q+1/t2?,3?,4-/m0/s1. The Bertz CT molecular complexity index is 69.1. The minimum Gasteiger partial charge on any atom is -0.0314 e. The van der Waals surface area contributed by atoms with Gasteiger partial charge in [0.25, 0.3) is 6.04 Å². The minimum atomic E-state index is 0.981. The zero-order valence-electron chi connectivity index (χ0n) is 2.76. The van der Waals surface area contributed by atoms with Gasteiger partial charge >= 0.3 is 6.17 Å². The fourth-order valence-corrected chi connectivity index (χ4v) is 1.15. The summed E-state index contributed by atoms with van der Waals surface area (Å²) >= 11 is 0. The molecule has 2 bridgehead atoms. The molecule has 4 rings (SSSR count). The molecule has 4 heterocycles. The fraction of sp³-hybridized carbons (Fsp3) is 1.00. The van der Waals surface area contributed by atoms with Gasteiger partial charge in [-0.05, 0) is 10.0 Å². The van der Waals surface area contributed by atoms with Crippen LogP contribution in [-0.2, 0) is 0 Å². The molecule has 2 nitrogen and oxygen atoms in total. The number of nitrogens with zero attached hydrogens (tertiary/aromatic N) is 2. The molecule has 0 spiro atoms. The van der Waals surface area contributed by atoms with E-state index < -0.39 is 0 Å². The van der Waals surface area contributed by atoms with Crippen LogP contribution < -0.4 is 5.01 Å². The Hall–Kier alpha value is -0.0800. The van der Waals surface area contributed by atoms with E-state index in [0.717, 1.165) is 12.2 Å². The molecule has 0 aromatic rings. The predicted molar refractivity (Wildman–Crippen MR) is 16.4 cm³/mol. The third-order valence-electron chi connectivity index (χ3n) is 1.79. The maximum absolute atomic E-state index is 2.39. The monoisotopic (exact) mass is 68.0 g/mol. The summed E-state index contributed by atoms with van der Waals surface area (Å²) in [7, 11) is 0. The van der Waals surface area contributed by atoms with Gasteiger partial charge in [0.15, 0.2) is 0 Å². The highest BCUT2D eigenvalue weighted by Gasteiger charge is 2.99. The van der Waals surface area contributed by atoms with E-state index in [4.69, 9.17) is 0 Å². The van der Waals surface area contributed by atoms with Crippen molar-refractivity contribution in [3.63, 3.8) is 0 Å². The summed E-state index contributed by atoms with van der Waals surface area (Å²) in [5.74, 6) is 0. The third kappa shape index (κ3) is 0.0364. The van der Waals surface area contributed by atoms with Crippen LogP contribution in [0.1, 0.15) is 0 Å². The van der Waals surface area contributed by atoms with Gasteiger partial charge in [0, 0.05) is 0 Å². The first-order valence-corrected chi connectivity index (χ1v) is 2.03. The highest BCUT2D eigenvalue weighted by Crippen LogP contribution is 2.57. The molecule has 2 heteroatoms. The maximum Gasteiger partial charge on any atom is 0.316 e. The van der Waals surface area contributed by atoms with Crippen molar-refractivity contribution in [2.24, 2.45) is 0 Å². The van der Waals surface area contributed by atoms with Crippen LogP contribution >= 0.6 is 0 Å². The average molecular weight is 68.1 g/mol. The first-order valence-electron chi connectivity index (χ1n) is 2.03. The predicted octanol–water partition coefficient (Wildman–Crippen LogP) is -0.921. The van der Waals surface area contributed by atoms with E-state index in [2.05, 4.69) is 10.0 Å². The number of hydrazine groups is 1. The molecular formula is C3H4N2+. The summed E-state index contributed by atoms with van der Waals surface area (Å²) in [5.41, 5.74) is 0. The van der Waals surface area contributed by atoms with Gasteiger partial charge in [-0.2, -0.15) is 0 Å². The Kier molecular flexibility index (Phi) is 0.0632. The van der Waals surface area contributed by atoms with Crippen LogP contribution in [0.5, 0.6) is 0 Å². The van der Waals surface area contributed by atoms with Crippen LogP contribution in [-0.4, -0.2) is 23.8 Å². The largest absolute Gasteiger partial charge is 0.316 e. The molecule has 25 valence electrons. The Balaban J connectivity index is 2.39. The van der Waals surface area contributed by atoms with Crippen LogP contribution in [0.3, 0.4) is 0 Å². The van der Waals surface area contributed by atoms with Gasteiger partial charge in [0.05, 0.1) is 0 Å². The van der Waals surface area contributed by atoms with Gasteiger partial charge < -0.3 is 0 Å². The quantitative estimate of drug-likeness (QED) is 0.263. The normalized spacial score (nSPS) is 91.2. The Morgan fingerprint density at radius 1 is 1.80 bits per heavy atom. The van der Waals surface area contributed by atoms with E-state index in [-0.39, 0.29) is 0 Å². The summed E-state index contributed by atoms with van der Waals surface area (Å²) in [5, 5.41) is 4.75. The van der Waals surface area contributed by atoms with Crippen LogP contribution in [0.15, 0.2) is 0 Å². The minimum absolute atomic E-state index is 0.981. The number of rotatable bonds is 0. The second kappa shape index (κ2) is 0.200. The SMILES string of the molecule is C1C2C3[N@@]1[N+]23. The fourth-order valence-electron chi connectivity index (χ4n) is 1.15. The molecular weight excluding hydrogens is 64.0 g/mol. The molecule has 0 aliphatic carbocycles. The van der Waals surface area contributed by atoms with Gasteiger partial charge in [-0.3, -0.25) is 0 Å². The third-order valence-corrected chi connectivity index (χ3v) is 1.79. The van der Waals surface area contributed by atoms with Crippen LogP contribution in [0.4, 0.5) is 0 Å². The molecule has 4 atom stereocenters. The van der Waals surface area contributed by atoms with Crippen molar-refractivity contribution in [3.05, 3.63) is 0 Å². The van der Waals surface area contributed by atoms with Gasteiger partial charge in [-0.1, -0.05) is 0 Å². The molecule has 1 radical (unpaired) electrons. The van der Waals surface area contributed by atoms with Crippen molar-refractivity contribution in [3.8, 4) is 0 Å². The first-order chi connectivity index (χ1) is 2.48. The summed E-state index contributed by atoms with van der Waals surface area (Å²) in [6.45, 7) is 1.38. The highest BCUT2D eigenvalue weighted by molar-refractivity contribution is 5.30. The molecule has 4 fully saturated rings. The molecule has 0 N–H and O–H groups in total. The Morgan fingerprint density at radius 3 is 2.20 bits per heavy atom. The zero-order chi connectivity index (χ0) is 3.02. The molecule has 5 heavy (non-hydrogen) atoms. The molecule has 0 aromatic heterocycles.